The van der Waals surface area contributed by atoms with Crippen LogP contribution in [0.5, 0.6) is 0 Å². The Balaban J connectivity index is 1.75. The highest BCUT2D eigenvalue weighted by Crippen LogP contribution is 2.27. The molecule has 0 saturated carbocycles. The second-order valence-corrected chi connectivity index (χ2v) is 7.98. The molecule has 2 aromatic heterocycles. The molecular weight excluding hydrogens is 410 g/mol. The van der Waals surface area contributed by atoms with Crippen molar-refractivity contribution in [2.75, 3.05) is 11.9 Å². The van der Waals surface area contributed by atoms with E-state index in [9.17, 15) is 9.59 Å². The third kappa shape index (κ3) is 3.81. The highest BCUT2D eigenvalue weighted by molar-refractivity contribution is 7.20. The van der Waals surface area contributed by atoms with Crippen LogP contribution in [0.25, 0.3) is 15.9 Å². The highest BCUT2D eigenvalue weighted by Gasteiger charge is 2.14. The van der Waals surface area contributed by atoms with Crippen molar-refractivity contribution in [1.82, 2.24) is 19.9 Å². The molecule has 4 rings (SSSR count). The summed E-state index contributed by atoms with van der Waals surface area (Å²) in [4.78, 5) is 30.0. The molecule has 0 aliphatic heterocycles. The number of hydrogen-bond acceptors (Lipinski definition) is 6. The minimum Gasteiger partial charge on any atom is -0.352 e. The Hall–Kier alpha value is -2.97. The summed E-state index contributed by atoms with van der Waals surface area (Å²) in [5.41, 5.74) is 2.47. The molecule has 0 bridgehead atoms. The van der Waals surface area contributed by atoms with Crippen LogP contribution in [0.3, 0.4) is 0 Å². The molecule has 2 aromatic carbocycles. The van der Waals surface area contributed by atoms with E-state index in [-0.39, 0.29) is 11.5 Å². The van der Waals surface area contributed by atoms with Gasteiger partial charge >= 0.3 is 0 Å². The third-order valence-electron chi connectivity index (χ3n) is 4.44. The number of carbonyl (C=O) groups is 1. The van der Waals surface area contributed by atoms with Gasteiger partial charge in [-0.1, -0.05) is 35.9 Å². The summed E-state index contributed by atoms with van der Waals surface area (Å²) in [7, 11) is 0. The number of aryl methyl sites for hydroxylation is 1. The van der Waals surface area contributed by atoms with Gasteiger partial charge in [0.2, 0.25) is 10.1 Å². The fourth-order valence-electron chi connectivity index (χ4n) is 2.88. The number of aromatic nitrogens is 3. The van der Waals surface area contributed by atoms with Gasteiger partial charge in [0.05, 0.1) is 10.9 Å². The number of nitrogens with one attached hydrogen (secondary N) is 2. The first-order valence-electron chi connectivity index (χ1n) is 9.11. The average Bonchev–Trinajstić information content (AvgIpc) is 3.11. The molecule has 2 N–H and O–H groups in total. The summed E-state index contributed by atoms with van der Waals surface area (Å²) in [5.74, 6) is -0.182. The van der Waals surface area contributed by atoms with Crippen molar-refractivity contribution in [3.63, 3.8) is 0 Å². The van der Waals surface area contributed by atoms with E-state index in [0.717, 1.165) is 17.7 Å². The number of benzene rings is 2. The van der Waals surface area contributed by atoms with E-state index in [0.29, 0.717) is 38.1 Å². The van der Waals surface area contributed by atoms with Crippen molar-refractivity contribution in [1.29, 1.82) is 0 Å². The van der Waals surface area contributed by atoms with Crippen LogP contribution in [-0.4, -0.2) is 27.0 Å². The Morgan fingerprint density at radius 2 is 2.07 bits per heavy atom. The normalized spacial score (nSPS) is 11.1. The zero-order valence-corrected chi connectivity index (χ0v) is 17.4. The van der Waals surface area contributed by atoms with Crippen molar-refractivity contribution in [3.8, 4) is 0 Å². The largest absolute Gasteiger partial charge is 0.352 e. The zero-order chi connectivity index (χ0) is 20.5. The number of anilines is 2. The number of carbonyl (C=O) groups excluding carboxylic acids is 1. The molecule has 148 valence electrons. The Kier molecular flexibility index (Phi) is 5.21. The molecule has 4 aromatic rings. The Bertz CT molecular complexity index is 1300. The molecule has 7 nitrogen and oxygen atoms in total. The van der Waals surface area contributed by atoms with Crippen LogP contribution < -0.4 is 16.2 Å². The second kappa shape index (κ2) is 7.81. The van der Waals surface area contributed by atoms with Crippen LogP contribution in [0.4, 0.5) is 10.8 Å². The first-order valence-corrected chi connectivity index (χ1v) is 10.3. The van der Waals surface area contributed by atoms with E-state index >= 15 is 0 Å². The van der Waals surface area contributed by atoms with Gasteiger partial charge in [-0.3, -0.25) is 9.59 Å². The maximum absolute atomic E-state index is 12.8. The van der Waals surface area contributed by atoms with Crippen LogP contribution in [-0.2, 0) is 0 Å². The first kappa shape index (κ1) is 19.4. The molecule has 0 unspecified atom stereocenters. The van der Waals surface area contributed by atoms with Crippen LogP contribution >= 0.6 is 22.9 Å². The van der Waals surface area contributed by atoms with Crippen molar-refractivity contribution in [2.24, 2.45) is 0 Å². The average molecular weight is 428 g/mol. The van der Waals surface area contributed by atoms with E-state index in [1.54, 1.807) is 24.3 Å². The van der Waals surface area contributed by atoms with Gasteiger partial charge in [0, 0.05) is 22.8 Å². The highest BCUT2D eigenvalue weighted by atomic mass is 35.5. The predicted octanol–water partition coefficient (Wildman–Crippen LogP) is 4.15. The summed E-state index contributed by atoms with van der Waals surface area (Å²) in [6.45, 7) is 4.54. The number of amides is 1. The van der Waals surface area contributed by atoms with Crippen LogP contribution in [0.15, 0.2) is 41.2 Å². The standard InChI is InChI=1S/C20H18ClN5O2S/c1-3-8-22-17(27)12-5-7-14-16(9-12)24-20-26(18(14)28)25-19(29-20)23-15-10-13(21)6-4-11(15)2/h4-7,9-10H,3,8H2,1-2H3,(H,22,27)(H,23,25). The van der Waals surface area contributed by atoms with Gasteiger partial charge in [0.25, 0.3) is 11.5 Å². The SMILES string of the molecule is CCCNC(=O)c1ccc2c(=O)n3nc(Nc4cc(Cl)ccc4C)sc3nc2c1. The fourth-order valence-corrected chi connectivity index (χ4v) is 3.87. The van der Waals surface area contributed by atoms with Gasteiger partial charge in [-0.05, 0) is 49.2 Å². The van der Waals surface area contributed by atoms with E-state index in [4.69, 9.17) is 11.6 Å². The lowest BCUT2D eigenvalue weighted by molar-refractivity contribution is 0.0954. The number of rotatable bonds is 5. The van der Waals surface area contributed by atoms with Gasteiger partial charge in [0.15, 0.2) is 0 Å². The molecule has 0 aliphatic rings. The Morgan fingerprint density at radius 1 is 1.24 bits per heavy atom. The number of halogens is 1. The third-order valence-corrected chi connectivity index (χ3v) is 5.49. The van der Waals surface area contributed by atoms with Crippen molar-refractivity contribution in [3.05, 3.63) is 62.9 Å². The van der Waals surface area contributed by atoms with Gasteiger partial charge in [-0.2, -0.15) is 4.52 Å². The molecule has 0 fully saturated rings. The minimum atomic E-state index is -0.280. The lowest BCUT2D eigenvalue weighted by Crippen LogP contribution is -2.24. The summed E-state index contributed by atoms with van der Waals surface area (Å²) < 4.78 is 1.27. The maximum Gasteiger partial charge on any atom is 0.283 e. The van der Waals surface area contributed by atoms with E-state index in [2.05, 4.69) is 20.7 Å². The quantitative estimate of drug-likeness (QED) is 0.499. The molecule has 2 heterocycles. The second-order valence-electron chi connectivity index (χ2n) is 6.59. The summed E-state index contributed by atoms with van der Waals surface area (Å²) in [6, 6.07) is 10.4. The van der Waals surface area contributed by atoms with Gasteiger partial charge in [-0.25, -0.2) is 4.98 Å². The Labute approximate surface area is 175 Å². The lowest BCUT2D eigenvalue weighted by Gasteiger charge is -2.06. The van der Waals surface area contributed by atoms with Crippen LogP contribution in [0, 0.1) is 6.92 Å². The van der Waals surface area contributed by atoms with E-state index in [1.165, 1.54) is 15.9 Å². The van der Waals surface area contributed by atoms with Crippen LogP contribution in [0.1, 0.15) is 29.3 Å². The van der Waals surface area contributed by atoms with Crippen molar-refractivity contribution in [2.45, 2.75) is 20.3 Å². The Morgan fingerprint density at radius 3 is 2.86 bits per heavy atom. The smallest absolute Gasteiger partial charge is 0.283 e. The van der Waals surface area contributed by atoms with Gasteiger partial charge in [-0.15, -0.1) is 5.10 Å². The summed E-state index contributed by atoms with van der Waals surface area (Å²) in [5, 5.41) is 11.9. The van der Waals surface area contributed by atoms with E-state index in [1.807, 2.05) is 26.0 Å². The minimum absolute atomic E-state index is 0.182. The fraction of sp³-hybridized carbons (Fsp3) is 0.200. The first-order chi connectivity index (χ1) is 14.0. The van der Waals surface area contributed by atoms with Gasteiger partial charge < -0.3 is 10.6 Å². The molecule has 0 saturated heterocycles. The molecule has 0 atom stereocenters. The van der Waals surface area contributed by atoms with Crippen molar-refractivity contribution >= 4 is 55.5 Å². The topological polar surface area (TPSA) is 88.4 Å². The lowest BCUT2D eigenvalue weighted by atomic mass is 10.1. The maximum atomic E-state index is 12.8. The van der Waals surface area contributed by atoms with E-state index < -0.39 is 0 Å². The number of nitrogens with zero attached hydrogens (tertiary/aromatic N) is 3. The zero-order valence-electron chi connectivity index (χ0n) is 15.8. The molecule has 0 spiro atoms. The monoisotopic (exact) mass is 427 g/mol. The summed E-state index contributed by atoms with van der Waals surface area (Å²) >= 11 is 7.32. The number of fused-ring (bicyclic) bond motifs is 2. The van der Waals surface area contributed by atoms with Crippen LogP contribution in [0.2, 0.25) is 5.02 Å². The molecule has 1 amide bonds. The molecule has 0 radical (unpaired) electrons. The van der Waals surface area contributed by atoms with Gasteiger partial charge in [0.1, 0.15) is 0 Å². The molecule has 0 aliphatic carbocycles. The summed E-state index contributed by atoms with van der Waals surface area (Å²) in [6.07, 6.45) is 0.849. The van der Waals surface area contributed by atoms with Crippen molar-refractivity contribution < 1.29 is 4.79 Å². The number of hydrogen-bond donors (Lipinski definition) is 2. The molecule has 29 heavy (non-hydrogen) atoms. The predicted molar refractivity (Wildman–Crippen MR) is 117 cm³/mol. The molecule has 9 heteroatoms. The molecular formula is C20H18ClN5O2S.